The van der Waals surface area contributed by atoms with Crippen LogP contribution in [0.3, 0.4) is 0 Å². The van der Waals surface area contributed by atoms with Crippen LogP contribution >= 0.6 is 11.6 Å². The van der Waals surface area contributed by atoms with Crippen molar-refractivity contribution in [2.24, 2.45) is 0 Å². The number of hydrogen-bond acceptors (Lipinski definition) is 3. The lowest BCUT2D eigenvalue weighted by atomic mass is 10.3. The van der Waals surface area contributed by atoms with E-state index in [0.717, 1.165) is 0 Å². The van der Waals surface area contributed by atoms with Crippen LogP contribution in [0.1, 0.15) is 10.5 Å². The van der Waals surface area contributed by atoms with Crippen molar-refractivity contribution in [2.45, 2.75) is 0 Å². The SMILES string of the molecule is O=C(O)c1cccc(-n2cc(Cl)cn2)n1. The van der Waals surface area contributed by atoms with Gasteiger partial charge < -0.3 is 5.11 Å². The van der Waals surface area contributed by atoms with Crippen LogP contribution in [0.2, 0.25) is 5.02 Å². The maximum absolute atomic E-state index is 10.7. The topological polar surface area (TPSA) is 68.0 Å². The summed E-state index contributed by atoms with van der Waals surface area (Å²) in [4.78, 5) is 14.6. The number of nitrogens with zero attached hydrogens (tertiary/aromatic N) is 3. The van der Waals surface area contributed by atoms with Crippen molar-refractivity contribution < 1.29 is 9.90 Å². The zero-order valence-electron chi connectivity index (χ0n) is 7.46. The molecule has 2 aromatic heterocycles. The van der Waals surface area contributed by atoms with Crippen molar-refractivity contribution in [1.82, 2.24) is 14.8 Å². The Morgan fingerprint density at radius 2 is 2.27 bits per heavy atom. The Bertz CT molecular complexity index is 510. The van der Waals surface area contributed by atoms with E-state index >= 15 is 0 Å². The lowest BCUT2D eigenvalue weighted by molar-refractivity contribution is 0.0690. The van der Waals surface area contributed by atoms with E-state index in [4.69, 9.17) is 16.7 Å². The van der Waals surface area contributed by atoms with Crippen LogP contribution in [0, 0.1) is 0 Å². The summed E-state index contributed by atoms with van der Waals surface area (Å²) < 4.78 is 1.41. The highest BCUT2D eigenvalue weighted by Crippen LogP contribution is 2.10. The molecule has 0 unspecified atom stereocenters. The highest BCUT2D eigenvalue weighted by molar-refractivity contribution is 6.30. The summed E-state index contributed by atoms with van der Waals surface area (Å²) in [5, 5.41) is 13.1. The average Bonchev–Trinajstić information content (AvgIpc) is 2.65. The number of carboxylic acids is 1. The molecule has 5 nitrogen and oxygen atoms in total. The first-order valence-corrected chi connectivity index (χ1v) is 4.45. The van der Waals surface area contributed by atoms with Gasteiger partial charge in [-0.25, -0.2) is 14.5 Å². The van der Waals surface area contributed by atoms with Gasteiger partial charge in [0.2, 0.25) is 0 Å². The Morgan fingerprint density at radius 3 is 2.87 bits per heavy atom. The van der Waals surface area contributed by atoms with E-state index in [2.05, 4.69) is 10.1 Å². The van der Waals surface area contributed by atoms with Crippen LogP contribution in [0.25, 0.3) is 5.82 Å². The Balaban J connectivity index is 2.45. The predicted octanol–water partition coefficient (Wildman–Crippen LogP) is 1.62. The molecule has 2 aromatic rings. The molecule has 1 N–H and O–H groups in total. The quantitative estimate of drug-likeness (QED) is 0.840. The molecule has 0 aromatic carbocycles. The number of hydrogen-bond donors (Lipinski definition) is 1. The minimum absolute atomic E-state index is 0.0286. The molecule has 6 heteroatoms. The third-order valence-electron chi connectivity index (χ3n) is 1.74. The first-order chi connectivity index (χ1) is 7.16. The lowest BCUT2D eigenvalue weighted by Crippen LogP contribution is -2.04. The van der Waals surface area contributed by atoms with Gasteiger partial charge in [-0.1, -0.05) is 17.7 Å². The molecule has 2 rings (SSSR count). The zero-order valence-corrected chi connectivity index (χ0v) is 8.22. The normalized spacial score (nSPS) is 10.2. The largest absolute Gasteiger partial charge is 0.477 e. The minimum Gasteiger partial charge on any atom is -0.477 e. The van der Waals surface area contributed by atoms with Crippen LogP contribution in [0.15, 0.2) is 30.6 Å². The second-order valence-electron chi connectivity index (χ2n) is 2.79. The number of aromatic nitrogens is 3. The van der Waals surface area contributed by atoms with Gasteiger partial charge in [0.15, 0.2) is 11.5 Å². The van der Waals surface area contributed by atoms with E-state index in [0.29, 0.717) is 10.8 Å². The molecule has 76 valence electrons. The van der Waals surface area contributed by atoms with Crippen LogP contribution in [0.4, 0.5) is 0 Å². The van der Waals surface area contributed by atoms with E-state index in [1.54, 1.807) is 18.3 Å². The summed E-state index contributed by atoms with van der Waals surface area (Å²) in [6, 6.07) is 4.66. The molecular weight excluding hydrogens is 218 g/mol. The van der Waals surface area contributed by atoms with Crippen LogP contribution in [0.5, 0.6) is 0 Å². The predicted molar refractivity (Wildman–Crippen MR) is 53.3 cm³/mol. The maximum Gasteiger partial charge on any atom is 0.354 e. The summed E-state index contributed by atoms with van der Waals surface area (Å²) in [6.07, 6.45) is 3.01. The molecule has 0 aliphatic heterocycles. The van der Waals surface area contributed by atoms with E-state index in [1.807, 2.05) is 0 Å². The molecule has 0 radical (unpaired) electrons. The molecule has 0 aliphatic rings. The van der Waals surface area contributed by atoms with Gasteiger partial charge in [-0.05, 0) is 12.1 Å². The van der Waals surface area contributed by atoms with Crippen LogP contribution < -0.4 is 0 Å². The van der Waals surface area contributed by atoms with Gasteiger partial charge >= 0.3 is 5.97 Å². The van der Waals surface area contributed by atoms with Gasteiger partial charge in [0.05, 0.1) is 17.4 Å². The number of halogens is 1. The highest BCUT2D eigenvalue weighted by Gasteiger charge is 2.06. The van der Waals surface area contributed by atoms with Crippen molar-refractivity contribution in [1.29, 1.82) is 0 Å². The van der Waals surface area contributed by atoms with Crippen LogP contribution in [-0.2, 0) is 0 Å². The smallest absolute Gasteiger partial charge is 0.354 e. The maximum atomic E-state index is 10.7. The number of carbonyl (C=O) groups is 1. The minimum atomic E-state index is -1.07. The molecule has 0 spiro atoms. The molecule has 0 bridgehead atoms. The van der Waals surface area contributed by atoms with E-state index < -0.39 is 5.97 Å². The fourth-order valence-electron chi connectivity index (χ4n) is 1.10. The summed E-state index contributed by atoms with van der Waals surface area (Å²) >= 11 is 5.69. The Morgan fingerprint density at radius 1 is 1.47 bits per heavy atom. The summed E-state index contributed by atoms with van der Waals surface area (Å²) in [6.45, 7) is 0. The molecule has 0 fully saturated rings. The van der Waals surface area contributed by atoms with E-state index in [9.17, 15) is 4.79 Å². The third-order valence-corrected chi connectivity index (χ3v) is 1.93. The molecule has 0 amide bonds. The first-order valence-electron chi connectivity index (χ1n) is 4.08. The fraction of sp³-hybridized carbons (Fsp3) is 0. The average molecular weight is 224 g/mol. The third kappa shape index (κ3) is 1.97. The van der Waals surface area contributed by atoms with E-state index in [-0.39, 0.29) is 5.69 Å². The van der Waals surface area contributed by atoms with Gasteiger partial charge in [-0.2, -0.15) is 5.10 Å². The monoisotopic (exact) mass is 223 g/mol. The van der Waals surface area contributed by atoms with Crippen molar-refractivity contribution in [3.05, 3.63) is 41.3 Å². The Labute approximate surface area is 89.9 Å². The van der Waals surface area contributed by atoms with Gasteiger partial charge in [0, 0.05) is 0 Å². The van der Waals surface area contributed by atoms with Crippen LogP contribution in [-0.4, -0.2) is 25.8 Å². The molecule has 0 saturated carbocycles. The molecule has 0 atom stereocenters. The van der Waals surface area contributed by atoms with Gasteiger partial charge in [0.25, 0.3) is 0 Å². The fourth-order valence-corrected chi connectivity index (χ4v) is 1.23. The van der Waals surface area contributed by atoms with Crippen molar-refractivity contribution in [3.8, 4) is 5.82 Å². The molecular formula is C9H6ClN3O2. The second-order valence-corrected chi connectivity index (χ2v) is 3.23. The molecule has 15 heavy (non-hydrogen) atoms. The Kier molecular flexibility index (Phi) is 2.39. The number of aromatic carboxylic acids is 1. The standard InChI is InChI=1S/C9H6ClN3O2/c10-6-4-11-13(5-6)8-3-1-2-7(12-8)9(14)15/h1-5H,(H,14,15). The second kappa shape index (κ2) is 3.70. The number of pyridine rings is 1. The van der Waals surface area contributed by atoms with E-state index in [1.165, 1.54) is 16.9 Å². The lowest BCUT2D eigenvalue weighted by Gasteiger charge is -2.00. The van der Waals surface area contributed by atoms with Crippen molar-refractivity contribution >= 4 is 17.6 Å². The first kappa shape index (κ1) is 9.67. The number of carboxylic acid groups (broad SMARTS) is 1. The number of rotatable bonds is 2. The summed E-state index contributed by atoms with van der Waals surface area (Å²) in [7, 11) is 0. The van der Waals surface area contributed by atoms with Gasteiger partial charge in [-0.3, -0.25) is 0 Å². The highest BCUT2D eigenvalue weighted by atomic mass is 35.5. The Hall–Kier alpha value is -1.88. The van der Waals surface area contributed by atoms with Gasteiger partial charge in [0.1, 0.15) is 0 Å². The van der Waals surface area contributed by atoms with Gasteiger partial charge in [-0.15, -0.1) is 0 Å². The van der Waals surface area contributed by atoms with Crippen molar-refractivity contribution in [2.75, 3.05) is 0 Å². The molecule has 2 heterocycles. The summed E-state index contributed by atoms with van der Waals surface area (Å²) in [5.41, 5.74) is -0.0286. The summed E-state index contributed by atoms with van der Waals surface area (Å²) in [5.74, 6) is -0.656. The molecule has 0 aliphatic carbocycles. The zero-order chi connectivity index (χ0) is 10.8. The van der Waals surface area contributed by atoms with Crippen molar-refractivity contribution in [3.63, 3.8) is 0 Å². The molecule has 0 saturated heterocycles.